The number of likely N-dealkylation sites (tertiary alicyclic amines) is 1. The Balaban J connectivity index is 0.000000217. The minimum Gasteiger partial charge on any atom is -0.375 e. The molecule has 5 rings (SSSR count). The molecule has 0 radical (unpaired) electrons. The first-order valence-electron chi connectivity index (χ1n) is 15.0. The average molecular weight is 541 g/mol. The van der Waals surface area contributed by atoms with Crippen molar-refractivity contribution in [2.75, 3.05) is 24.5 Å². The van der Waals surface area contributed by atoms with Crippen LogP contribution in [0.4, 0.5) is 10.1 Å². The maximum atomic E-state index is 13.6. The Labute approximate surface area is 243 Å². The zero-order chi connectivity index (χ0) is 29.2. The average Bonchev–Trinajstić information content (AvgIpc) is 2.94. The first kappa shape index (κ1) is 31.2. The zero-order valence-corrected chi connectivity index (χ0v) is 25.3. The number of allylic oxidation sites excluding steroid dienone is 4. The van der Waals surface area contributed by atoms with E-state index in [4.69, 9.17) is 0 Å². The summed E-state index contributed by atoms with van der Waals surface area (Å²) in [7, 11) is 0. The third-order valence-corrected chi connectivity index (χ3v) is 8.44. The molecule has 1 saturated carbocycles. The van der Waals surface area contributed by atoms with Gasteiger partial charge < -0.3 is 9.80 Å². The number of hydrogen-bond donors (Lipinski definition) is 0. The topological polar surface area (TPSA) is 6.48 Å². The van der Waals surface area contributed by atoms with Gasteiger partial charge in [0, 0.05) is 36.7 Å². The summed E-state index contributed by atoms with van der Waals surface area (Å²) in [4.78, 5) is 4.65. The van der Waals surface area contributed by atoms with E-state index in [2.05, 4.69) is 73.4 Å². The van der Waals surface area contributed by atoms with Crippen LogP contribution in [0, 0.1) is 24.6 Å². The highest BCUT2D eigenvalue weighted by Crippen LogP contribution is 2.41. The summed E-state index contributed by atoms with van der Waals surface area (Å²) in [5.41, 5.74) is 8.21. The first-order valence-corrected chi connectivity index (χ1v) is 15.0. The molecular formula is C37H49FN2. The van der Waals surface area contributed by atoms with Gasteiger partial charge in [0.1, 0.15) is 5.82 Å². The molecule has 0 N–H and O–H groups in total. The van der Waals surface area contributed by atoms with Gasteiger partial charge in [0.05, 0.1) is 0 Å². The largest absolute Gasteiger partial charge is 0.375 e. The van der Waals surface area contributed by atoms with Gasteiger partial charge in [-0.3, -0.25) is 0 Å². The Morgan fingerprint density at radius 1 is 1.02 bits per heavy atom. The van der Waals surface area contributed by atoms with Crippen LogP contribution in [-0.4, -0.2) is 24.5 Å². The van der Waals surface area contributed by atoms with Gasteiger partial charge in [0.2, 0.25) is 0 Å². The molecule has 2 heterocycles. The van der Waals surface area contributed by atoms with E-state index in [0.717, 1.165) is 55.4 Å². The van der Waals surface area contributed by atoms with Crippen molar-refractivity contribution in [3.63, 3.8) is 0 Å². The van der Waals surface area contributed by atoms with E-state index in [0.29, 0.717) is 11.8 Å². The number of aryl methyl sites for hydroxylation is 1. The van der Waals surface area contributed by atoms with Gasteiger partial charge >= 0.3 is 0 Å². The molecule has 214 valence electrons. The van der Waals surface area contributed by atoms with Crippen molar-refractivity contribution in [3.8, 4) is 0 Å². The second-order valence-corrected chi connectivity index (χ2v) is 11.2. The molecule has 0 spiro atoms. The highest BCUT2D eigenvalue weighted by Gasteiger charge is 2.30. The van der Waals surface area contributed by atoms with Crippen molar-refractivity contribution in [2.45, 2.75) is 65.7 Å². The number of nitrogens with zero attached hydrogens (tertiary/aromatic N) is 2. The molecule has 3 aliphatic rings. The monoisotopic (exact) mass is 540 g/mol. The molecule has 3 heteroatoms. The third-order valence-electron chi connectivity index (χ3n) is 8.44. The van der Waals surface area contributed by atoms with Crippen LogP contribution in [0.15, 0.2) is 97.9 Å². The standard InChI is InChI=1S/C21H25N.C14H18FN.C2H6/c1-5-16(3)20-13-18(14-20)10-11-22-17(4)7-9-19-8-6-15(2)12-21(19)22;1-11(2)16-9-7-12(8-10-16)13-5-3-4-6-14(13)15;1-2/h5-9,12,18,20H,1,3-4,10-11,13-14H2,2H3;3-6,12H,1,7-10H2,2H3;1-2H3. The lowest BCUT2D eigenvalue weighted by molar-refractivity contribution is 0.220. The van der Waals surface area contributed by atoms with E-state index in [-0.39, 0.29) is 5.82 Å². The fourth-order valence-corrected chi connectivity index (χ4v) is 5.85. The molecule has 40 heavy (non-hydrogen) atoms. The lowest BCUT2D eigenvalue weighted by Gasteiger charge is -2.38. The highest BCUT2D eigenvalue weighted by atomic mass is 19.1. The van der Waals surface area contributed by atoms with Crippen LogP contribution in [0.1, 0.15) is 75.5 Å². The molecule has 0 bridgehead atoms. The second kappa shape index (κ2) is 14.9. The van der Waals surface area contributed by atoms with Crippen LogP contribution < -0.4 is 4.90 Å². The molecule has 0 amide bonds. The molecule has 2 aliphatic heterocycles. The van der Waals surface area contributed by atoms with Crippen LogP contribution in [0.3, 0.4) is 0 Å². The van der Waals surface area contributed by atoms with E-state index in [1.54, 1.807) is 12.1 Å². The van der Waals surface area contributed by atoms with Crippen LogP contribution in [0.5, 0.6) is 0 Å². The van der Waals surface area contributed by atoms with E-state index in [1.165, 1.54) is 41.6 Å². The number of benzene rings is 2. The van der Waals surface area contributed by atoms with E-state index in [9.17, 15) is 4.39 Å². The van der Waals surface area contributed by atoms with Gasteiger partial charge in [-0.2, -0.15) is 0 Å². The van der Waals surface area contributed by atoms with Crippen LogP contribution in [0.25, 0.3) is 6.08 Å². The predicted molar refractivity (Wildman–Crippen MR) is 173 cm³/mol. The van der Waals surface area contributed by atoms with Crippen LogP contribution in [0.2, 0.25) is 0 Å². The predicted octanol–water partition coefficient (Wildman–Crippen LogP) is 10.1. The fourth-order valence-electron chi connectivity index (χ4n) is 5.85. The maximum Gasteiger partial charge on any atom is 0.126 e. The molecule has 2 fully saturated rings. The summed E-state index contributed by atoms with van der Waals surface area (Å²) in [5.74, 6) is 1.79. The summed E-state index contributed by atoms with van der Waals surface area (Å²) < 4.78 is 13.6. The van der Waals surface area contributed by atoms with E-state index >= 15 is 0 Å². The highest BCUT2D eigenvalue weighted by molar-refractivity contribution is 5.76. The first-order chi connectivity index (χ1) is 19.3. The lowest BCUT2D eigenvalue weighted by atomic mass is 9.70. The number of fused-ring (bicyclic) bond motifs is 1. The summed E-state index contributed by atoms with van der Waals surface area (Å²) in [6.45, 7) is 27.3. The Hall–Kier alpha value is -3.33. The molecule has 0 atom stereocenters. The minimum atomic E-state index is -0.0590. The second-order valence-electron chi connectivity index (χ2n) is 11.2. The Bertz CT molecular complexity index is 1210. The number of rotatable bonds is 7. The SMILES string of the molecule is C=C(C)N1CCC(c2ccccc2F)CC1.C=CC(=C)C1CC(CCN2C(=C)C=Cc3ccc(C)cc32)C1.CC. The fraction of sp³-hybridized carbons (Fsp3) is 0.405. The van der Waals surface area contributed by atoms with E-state index in [1.807, 2.05) is 39.0 Å². The molecular weight excluding hydrogens is 491 g/mol. The smallest absolute Gasteiger partial charge is 0.126 e. The number of anilines is 1. The summed E-state index contributed by atoms with van der Waals surface area (Å²) >= 11 is 0. The zero-order valence-electron chi connectivity index (χ0n) is 25.3. The quantitative estimate of drug-likeness (QED) is 0.322. The van der Waals surface area contributed by atoms with Gasteiger partial charge in [-0.15, -0.1) is 0 Å². The number of halogens is 1. The van der Waals surface area contributed by atoms with Crippen molar-refractivity contribution in [1.82, 2.24) is 4.90 Å². The van der Waals surface area contributed by atoms with Gasteiger partial charge in [0.15, 0.2) is 0 Å². The molecule has 0 unspecified atom stereocenters. The summed E-state index contributed by atoms with van der Waals surface area (Å²) in [6.07, 6.45) is 12.0. The summed E-state index contributed by atoms with van der Waals surface area (Å²) in [6, 6.07) is 13.8. The molecule has 2 aromatic carbocycles. The van der Waals surface area contributed by atoms with Crippen LogP contribution in [-0.2, 0) is 0 Å². The summed E-state index contributed by atoms with van der Waals surface area (Å²) in [5, 5.41) is 0. The normalized spacial score (nSPS) is 19.8. The molecule has 2 nitrogen and oxygen atoms in total. The molecule has 0 aromatic heterocycles. The maximum absolute atomic E-state index is 13.6. The van der Waals surface area contributed by atoms with Gasteiger partial charge in [-0.25, -0.2) is 4.39 Å². The van der Waals surface area contributed by atoms with Crippen molar-refractivity contribution < 1.29 is 4.39 Å². The van der Waals surface area contributed by atoms with Crippen molar-refractivity contribution in [2.24, 2.45) is 11.8 Å². The third kappa shape index (κ3) is 7.87. The molecule has 1 saturated heterocycles. The Morgan fingerprint density at radius 3 is 2.33 bits per heavy atom. The van der Waals surface area contributed by atoms with Crippen molar-refractivity contribution >= 4 is 11.8 Å². The van der Waals surface area contributed by atoms with Crippen molar-refractivity contribution in [1.29, 1.82) is 0 Å². The number of hydrogen-bond acceptors (Lipinski definition) is 2. The van der Waals surface area contributed by atoms with Gasteiger partial charge in [-0.1, -0.05) is 88.2 Å². The Morgan fingerprint density at radius 2 is 1.70 bits per heavy atom. The van der Waals surface area contributed by atoms with Crippen molar-refractivity contribution in [3.05, 3.63) is 120 Å². The molecule has 2 aromatic rings. The minimum absolute atomic E-state index is 0.0590. The van der Waals surface area contributed by atoms with Gasteiger partial charge in [0.25, 0.3) is 0 Å². The number of piperidine rings is 1. The van der Waals surface area contributed by atoms with E-state index < -0.39 is 0 Å². The Kier molecular flexibility index (Phi) is 11.6. The molecule has 1 aliphatic carbocycles. The lowest BCUT2D eigenvalue weighted by Crippen LogP contribution is -2.31. The van der Waals surface area contributed by atoms with Gasteiger partial charge in [-0.05, 0) is 98.6 Å². The van der Waals surface area contributed by atoms with Crippen LogP contribution >= 0.6 is 0 Å².